The molecule has 0 radical (unpaired) electrons. The third kappa shape index (κ3) is 2.56. The van der Waals surface area contributed by atoms with Gasteiger partial charge in [-0.05, 0) is 50.3 Å². The van der Waals surface area contributed by atoms with Crippen LogP contribution in [0.4, 0.5) is 0 Å². The maximum atomic E-state index is 9.60. The van der Waals surface area contributed by atoms with Crippen LogP contribution in [0.25, 0.3) is 0 Å². The highest BCUT2D eigenvalue weighted by Gasteiger charge is 2.21. The van der Waals surface area contributed by atoms with Crippen LogP contribution in [0.2, 0.25) is 0 Å². The lowest BCUT2D eigenvalue weighted by atomic mass is 9.95. The van der Waals surface area contributed by atoms with E-state index in [9.17, 15) is 5.11 Å². The van der Waals surface area contributed by atoms with Crippen LogP contribution in [0, 0.1) is 13.8 Å². The highest BCUT2D eigenvalue weighted by Crippen LogP contribution is 2.27. The third-order valence-electron chi connectivity index (χ3n) is 3.45. The first-order valence-electron chi connectivity index (χ1n) is 6.08. The molecule has 1 N–H and O–H groups in total. The Kier molecular flexibility index (Phi) is 3.49. The molecule has 0 spiro atoms. The number of aliphatic hydroxyl groups is 1. The Hall–Kier alpha value is -1.02. The number of hydrogen-bond donors (Lipinski definition) is 1. The van der Waals surface area contributed by atoms with Crippen LogP contribution in [-0.4, -0.2) is 17.3 Å². The number of hydrogen-bond acceptors (Lipinski definition) is 2. The van der Waals surface area contributed by atoms with E-state index >= 15 is 0 Å². The van der Waals surface area contributed by atoms with Gasteiger partial charge in [0.25, 0.3) is 0 Å². The van der Waals surface area contributed by atoms with Crippen molar-refractivity contribution in [2.45, 2.75) is 51.7 Å². The minimum absolute atomic E-state index is 0.177. The molecule has 88 valence electrons. The number of benzene rings is 1. The van der Waals surface area contributed by atoms with E-state index < -0.39 is 0 Å². The molecule has 2 rings (SSSR count). The number of aryl methyl sites for hydroxylation is 1. The van der Waals surface area contributed by atoms with Crippen molar-refractivity contribution in [3.8, 4) is 5.75 Å². The van der Waals surface area contributed by atoms with Crippen LogP contribution >= 0.6 is 0 Å². The summed E-state index contributed by atoms with van der Waals surface area (Å²) in [6.45, 7) is 4.18. The lowest BCUT2D eigenvalue weighted by Gasteiger charge is -2.27. The van der Waals surface area contributed by atoms with Crippen molar-refractivity contribution < 1.29 is 9.84 Å². The predicted molar refractivity (Wildman–Crippen MR) is 64.8 cm³/mol. The number of ether oxygens (including phenoxy) is 1. The molecule has 1 saturated carbocycles. The topological polar surface area (TPSA) is 29.5 Å². The van der Waals surface area contributed by atoms with E-state index in [0.717, 1.165) is 31.4 Å². The highest BCUT2D eigenvalue weighted by molar-refractivity contribution is 5.38. The summed E-state index contributed by atoms with van der Waals surface area (Å²) in [5, 5.41) is 9.60. The van der Waals surface area contributed by atoms with Crippen molar-refractivity contribution >= 4 is 0 Å². The zero-order valence-electron chi connectivity index (χ0n) is 10.1. The molecule has 16 heavy (non-hydrogen) atoms. The molecule has 1 fully saturated rings. The molecule has 1 aliphatic rings. The third-order valence-corrected chi connectivity index (χ3v) is 3.45. The van der Waals surface area contributed by atoms with Gasteiger partial charge in [0, 0.05) is 6.42 Å². The van der Waals surface area contributed by atoms with Gasteiger partial charge in [0.15, 0.2) is 0 Å². The highest BCUT2D eigenvalue weighted by atomic mass is 16.5. The van der Waals surface area contributed by atoms with Crippen LogP contribution in [0.5, 0.6) is 5.75 Å². The monoisotopic (exact) mass is 220 g/mol. The first kappa shape index (κ1) is 11.5. The van der Waals surface area contributed by atoms with E-state index in [1.54, 1.807) is 0 Å². The van der Waals surface area contributed by atoms with E-state index in [4.69, 9.17) is 4.74 Å². The summed E-state index contributed by atoms with van der Waals surface area (Å²) in [6, 6.07) is 6.14. The second-order valence-electron chi connectivity index (χ2n) is 4.76. The molecule has 1 aliphatic carbocycles. The van der Waals surface area contributed by atoms with E-state index in [2.05, 4.69) is 19.9 Å². The largest absolute Gasteiger partial charge is 0.490 e. The van der Waals surface area contributed by atoms with Gasteiger partial charge < -0.3 is 9.84 Å². The summed E-state index contributed by atoms with van der Waals surface area (Å²) in [5.41, 5.74) is 2.47. The van der Waals surface area contributed by atoms with Crippen LogP contribution in [-0.2, 0) is 0 Å². The number of aliphatic hydroxyl groups excluding tert-OH is 1. The lowest BCUT2D eigenvalue weighted by Crippen LogP contribution is -2.28. The summed E-state index contributed by atoms with van der Waals surface area (Å²) < 4.78 is 5.98. The van der Waals surface area contributed by atoms with Crippen molar-refractivity contribution in [2.75, 3.05) is 0 Å². The second kappa shape index (κ2) is 4.88. The summed E-state index contributed by atoms with van der Waals surface area (Å²) in [7, 11) is 0. The van der Waals surface area contributed by atoms with Gasteiger partial charge >= 0.3 is 0 Å². The molecule has 0 heterocycles. The number of rotatable bonds is 2. The van der Waals surface area contributed by atoms with Gasteiger partial charge in [-0.2, -0.15) is 0 Å². The van der Waals surface area contributed by atoms with Gasteiger partial charge in [-0.3, -0.25) is 0 Å². The van der Waals surface area contributed by atoms with E-state index in [1.807, 2.05) is 12.1 Å². The van der Waals surface area contributed by atoms with Crippen molar-refractivity contribution in [2.24, 2.45) is 0 Å². The van der Waals surface area contributed by atoms with Gasteiger partial charge in [-0.25, -0.2) is 0 Å². The van der Waals surface area contributed by atoms with Gasteiger partial charge in [-0.1, -0.05) is 12.1 Å². The molecule has 1 aromatic rings. The summed E-state index contributed by atoms with van der Waals surface area (Å²) in [5.74, 6) is 0.971. The Morgan fingerprint density at radius 3 is 2.81 bits per heavy atom. The molecule has 2 nitrogen and oxygen atoms in total. The molecule has 0 bridgehead atoms. The molecule has 2 atom stereocenters. The van der Waals surface area contributed by atoms with Crippen LogP contribution in [0.15, 0.2) is 18.2 Å². The SMILES string of the molecule is Cc1cccc(OC2CCCC(O)C2)c1C. The zero-order chi connectivity index (χ0) is 11.5. The fraction of sp³-hybridized carbons (Fsp3) is 0.571. The first-order valence-corrected chi connectivity index (χ1v) is 6.08. The van der Waals surface area contributed by atoms with Gasteiger partial charge in [0.2, 0.25) is 0 Å². The van der Waals surface area contributed by atoms with Gasteiger partial charge in [-0.15, -0.1) is 0 Å². The van der Waals surface area contributed by atoms with Crippen LogP contribution in [0.1, 0.15) is 36.8 Å². The lowest BCUT2D eigenvalue weighted by molar-refractivity contribution is 0.0533. The Balaban J connectivity index is 2.05. The van der Waals surface area contributed by atoms with Crippen molar-refractivity contribution in [1.82, 2.24) is 0 Å². The van der Waals surface area contributed by atoms with Crippen molar-refractivity contribution in [1.29, 1.82) is 0 Å². The molecule has 1 aromatic carbocycles. The maximum Gasteiger partial charge on any atom is 0.122 e. The first-order chi connectivity index (χ1) is 7.66. The van der Waals surface area contributed by atoms with Gasteiger partial charge in [0.05, 0.1) is 6.10 Å². The fourth-order valence-electron chi connectivity index (χ4n) is 2.26. The van der Waals surface area contributed by atoms with Crippen molar-refractivity contribution in [3.63, 3.8) is 0 Å². The molecule has 0 amide bonds. The quantitative estimate of drug-likeness (QED) is 0.830. The van der Waals surface area contributed by atoms with Crippen molar-refractivity contribution in [3.05, 3.63) is 29.3 Å². The van der Waals surface area contributed by atoms with Crippen LogP contribution < -0.4 is 4.74 Å². The molecule has 2 unspecified atom stereocenters. The molecule has 0 saturated heterocycles. The average molecular weight is 220 g/mol. The van der Waals surface area contributed by atoms with Gasteiger partial charge in [0.1, 0.15) is 11.9 Å². The Labute approximate surface area is 97.3 Å². The molecule has 2 heteroatoms. The molecule has 0 aromatic heterocycles. The molecular formula is C14H20O2. The van der Waals surface area contributed by atoms with E-state index in [-0.39, 0.29) is 12.2 Å². The predicted octanol–water partition coefficient (Wildman–Crippen LogP) is 2.99. The Morgan fingerprint density at radius 2 is 2.06 bits per heavy atom. The van der Waals surface area contributed by atoms with Crippen LogP contribution in [0.3, 0.4) is 0 Å². The summed E-state index contributed by atoms with van der Waals surface area (Å²) in [4.78, 5) is 0. The Morgan fingerprint density at radius 1 is 1.25 bits per heavy atom. The maximum absolute atomic E-state index is 9.60. The zero-order valence-corrected chi connectivity index (χ0v) is 10.1. The molecule has 0 aliphatic heterocycles. The average Bonchev–Trinajstić information content (AvgIpc) is 2.25. The summed E-state index contributed by atoms with van der Waals surface area (Å²) in [6.07, 6.45) is 3.83. The standard InChI is InChI=1S/C14H20O2/c1-10-5-3-8-14(11(10)2)16-13-7-4-6-12(15)9-13/h3,5,8,12-13,15H,4,6-7,9H2,1-2H3. The Bertz CT molecular complexity index is 360. The molecular weight excluding hydrogens is 200 g/mol. The fourth-order valence-corrected chi connectivity index (χ4v) is 2.26. The van der Waals surface area contributed by atoms with E-state index in [0.29, 0.717) is 0 Å². The second-order valence-corrected chi connectivity index (χ2v) is 4.76. The summed E-state index contributed by atoms with van der Waals surface area (Å²) >= 11 is 0. The van der Waals surface area contributed by atoms with E-state index in [1.165, 1.54) is 11.1 Å². The normalized spacial score (nSPS) is 25.4. The minimum Gasteiger partial charge on any atom is -0.490 e. The minimum atomic E-state index is -0.177. The smallest absolute Gasteiger partial charge is 0.122 e.